The van der Waals surface area contributed by atoms with Crippen LogP contribution >= 0.6 is 7.82 Å². The summed E-state index contributed by atoms with van der Waals surface area (Å²) in [6, 6.07) is 0. The normalized spacial score (nSPS) is 10.1. The van der Waals surface area contributed by atoms with Gasteiger partial charge in [-0.3, -0.25) is 9.79 Å². The second-order valence-electron chi connectivity index (χ2n) is 2.80. The molecule has 0 saturated carbocycles. The molecule has 0 bridgehead atoms. The average Bonchev–Trinajstić information content (AvgIpc) is 2.02. The minimum Gasteiger partial charge on any atom is -0.412 e. The molecule has 0 spiro atoms. The lowest BCUT2D eigenvalue weighted by molar-refractivity contribution is 0.258. The van der Waals surface area contributed by atoms with Gasteiger partial charge in [-0.05, 0) is 19.9 Å². The molecule has 0 aliphatic carbocycles. The Labute approximate surface area is 90.5 Å². The maximum Gasteiger partial charge on any atom is 0.524 e. The van der Waals surface area contributed by atoms with Crippen LogP contribution in [0.15, 0.2) is 49.3 Å². The van der Waals surface area contributed by atoms with Gasteiger partial charge in [0.05, 0.1) is 6.26 Å². The molecule has 0 aliphatic heterocycles. The molecule has 5 heteroatoms. The van der Waals surface area contributed by atoms with Crippen molar-refractivity contribution in [1.29, 1.82) is 0 Å². The largest absolute Gasteiger partial charge is 0.524 e. The van der Waals surface area contributed by atoms with Crippen LogP contribution in [0.5, 0.6) is 0 Å². The summed E-state index contributed by atoms with van der Waals surface area (Å²) in [4.78, 5) is 16.3. The molecule has 0 rings (SSSR count). The van der Waals surface area contributed by atoms with Crippen LogP contribution in [-0.2, 0) is 9.09 Å². The van der Waals surface area contributed by atoms with Crippen LogP contribution in [0, 0.1) is 0 Å². The third kappa shape index (κ3) is 24.6. The number of rotatable bonds is 4. The summed E-state index contributed by atoms with van der Waals surface area (Å²) in [5, 5.41) is 0. The SMILES string of the molecule is C=C(C)C=COP(=O)(O)O.C=CC(=C)C. The lowest BCUT2D eigenvalue weighted by Crippen LogP contribution is -1.77. The Morgan fingerprint density at radius 2 is 1.67 bits per heavy atom. The third-order valence-electron chi connectivity index (χ3n) is 0.899. The van der Waals surface area contributed by atoms with Crippen LogP contribution in [0.1, 0.15) is 13.8 Å². The summed E-state index contributed by atoms with van der Waals surface area (Å²) in [6.45, 7) is 14.1. The van der Waals surface area contributed by atoms with Crippen LogP contribution in [0.3, 0.4) is 0 Å². The van der Waals surface area contributed by atoms with Gasteiger partial charge in [-0.15, -0.1) is 0 Å². The molecule has 0 amide bonds. The molecule has 0 fully saturated rings. The van der Waals surface area contributed by atoms with Crippen molar-refractivity contribution in [2.75, 3.05) is 0 Å². The van der Waals surface area contributed by atoms with Crippen molar-refractivity contribution in [2.45, 2.75) is 13.8 Å². The van der Waals surface area contributed by atoms with Gasteiger partial charge in [-0.2, -0.15) is 0 Å². The lowest BCUT2D eigenvalue weighted by Gasteiger charge is -1.98. The first-order valence-electron chi connectivity index (χ1n) is 4.03. The number of hydrogen-bond donors (Lipinski definition) is 2. The van der Waals surface area contributed by atoms with Crippen molar-refractivity contribution in [3.05, 3.63) is 49.3 Å². The van der Waals surface area contributed by atoms with Gasteiger partial charge in [0.25, 0.3) is 0 Å². The van der Waals surface area contributed by atoms with Crippen LogP contribution in [-0.4, -0.2) is 9.79 Å². The van der Waals surface area contributed by atoms with E-state index in [0.29, 0.717) is 5.57 Å². The zero-order valence-electron chi connectivity index (χ0n) is 9.01. The molecular formula is C10H17O4P. The van der Waals surface area contributed by atoms with Crippen molar-refractivity contribution in [3.63, 3.8) is 0 Å². The highest BCUT2D eigenvalue weighted by Gasteiger charge is 2.10. The molecule has 2 N–H and O–H groups in total. The monoisotopic (exact) mass is 232 g/mol. The van der Waals surface area contributed by atoms with Crippen LogP contribution < -0.4 is 0 Å². The minimum absolute atomic E-state index is 0.661. The fourth-order valence-corrected chi connectivity index (χ4v) is 0.445. The molecule has 0 atom stereocenters. The van der Waals surface area contributed by atoms with Crippen molar-refractivity contribution >= 4 is 7.82 Å². The molecule has 4 nitrogen and oxygen atoms in total. The summed E-state index contributed by atoms with van der Waals surface area (Å²) >= 11 is 0. The van der Waals surface area contributed by atoms with E-state index >= 15 is 0 Å². The Bertz CT molecular complexity index is 299. The minimum atomic E-state index is -4.35. The highest BCUT2D eigenvalue weighted by molar-refractivity contribution is 7.46. The lowest BCUT2D eigenvalue weighted by atomic mass is 10.4. The quantitative estimate of drug-likeness (QED) is 0.444. The van der Waals surface area contributed by atoms with Gasteiger partial charge >= 0.3 is 7.82 Å². The van der Waals surface area contributed by atoms with E-state index in [1.54, 1.807) is 13.0 Å². The van der Waals surface area contributed by atoms with E-state index in [0.717, 1.165) is 11.8 Å². The Balaban J connectivity index is 0. The maximum atomic E-state index is 10.0. The topological polar surface area (TPSA) is 66.8 Å². The summed E-state index contributed by atoms with van der Waals surface area (Å²) in [5.41, 5.74) is 1.68. The van der Waals surface area contributed by atoms with Crippen molar-refractivity contribution in [3.8, 4) is 0 Å². The van der Waals surface area contributed by atoms with Crippen LogP contribution in [0.25, 0.3) is 0 Å². The van der Waals surface area contributed by atoms with Gasteiger partial charge in [-0.1, -0.05) is 37.0 Å². The fraction of sp³-hybridized carbons (Fsp3) is 0.200. The summed E-state index contributed by atoms with van der Waals surface area (Å²) < 4.78 is 14.0. The van der Waals surface area contributed by atoms with E-state index in [9.17, 15) is 4.57 Å². The molecule has 0 heterocycles. The molecule has 0 aromatic rings. The maximum absolute atomic E-state index is 10.0. The number of hydrogen-bond acceptors (Lipinski definition) is 2. The van der Waals surface area contributed by atoms with Gasteiger partial charge in [0.2, 0.25) is 0 Å². The van der Waals surface area contributed by atoms with Crippen LogP contribution in [0.2, 0.25) is 0 Å². The molecule has 0 unspecified atom stereocenters. The van der Waals surface area contributed by atoms with E-state index in [-0.39, 0.29) is 0 Å². The Kier molecular flexibility index (Phi) is 8.98. The van der Waals surface area contributed by atoms with Gasteiger partial charge in [0.1, 0.15) is 0 Å². The first-order valence-corrected chi connectivity index (χ1v) is 5.56. The summed E-state index contributed by atoms with van der Waals surface area (Å²) in [7, 11) is -4.35. The predicted octanol–water partition coefficient (Wildman–Crippen LogP) is 2.93. The van der Waals surface area contributed by atoms with Crippen molar-refractivity contribution < 1.29 is 18.9 Å². The molecule has 0 aromatic carbocycles. The van der Waals surface area contributed by atoms with Gasteiger partial charge in [0, 0.05) is 0 Å². The zero-order chi connectivity index (χ0) is 12.5. The zero-order valence-corrected chi connectivity index (χ0v) is 9.91. The fourth-order valence-electron chi connectivity index (χ4n) is 0.226. The Morgan fingerprint density at radius 3 is 1.87 bits per heavy atom. The van der Waals surface area contributed by atoms with E-state index in [2.05, 4.69) is 24.3 Å². The summed E-state index contributed by atoms with van der Waals surface area (Å²) in [6.07, 6.45) is 4.00. The standard InChI is InChI=1S/C5H9O4P.C5H8/c1-5(2)3-4-9-10(6,7)8;1-4-5(2)3/h3-4H,1H2,2H3,(H2,6,7,8);4H,1-2H2,3H3. The van der Waals surface area contributed by atoms with Gasteiger partial charge < -0.3 is 4.52 Å². The smallest absolute Gasteiger partial charge is 0.412 e. The molecule has 0 aliphatic rings. The molecule has 86 valence electrons. The molecular weight excluding hydrogens is 215 g/mol. The second kappa shape index (κ2) is 8.24. The van der Waals surface area contributed by atoms with E-state index < -0.39 is 7.82 Å². The van der Waals surface area contributed by atoms with Gasteiger partial charge in [-0.25, -0.2) is 4.57 Å². The van der Waals surface area contributed by atoms with Gasteiger partial charge in [0.15, 0.2) is 0 Å². The third-order valence-corrected chi connectivity index (χ3v) is 1.30. The number of phosphoric ester groups is 1. The number of phosphoric acid groups is 1. The Morgan fingerprint density at radius 1 is 1.27 bits per heavy atom. The van der Waals surface area contributed by atoms with Crippen molar-refractivity contribution in [1.82, 2.24) is 0 Å². The Hall–Kier alpha value is -1.09. The van der Waals surface area contributed by atoms with Crippen LogP contribution in [0.4, 0.5) is 0 Å². The molecule has 0 saturated heterocycles. The first-order chi connectivity index (χ1) is 6.69. The molecule has 0 radical (unpaired) electrons. The van der Waals surface area contributed by atoms with E-state index in [4.69, 9.17) is 9.79 Å². The first kappa shape index (κ1) is 16.3. The number of allylic oxidation sites excluding steroid dienone is 4. The van der Waals surface area contributed by atoms with Crippen molar-refractivity contribution in [2.24, 2.45) is 0 Å². The highest BCUT2D eigenvalue weighted by Crippen LogP contribution is 2.35. The molecule has 0 aromatic heterocycles. The van der Waals surface area contributed by atoms with E-state index in [1.165, 1.54) is 6.08 Å². The highest BCUT2D eigenvalue weighted by atomic mass is 31.2. The predicted molar refractivity (Wildman–Crippen MR) is 62.1 cm³/mol. The molecule has 15 heavy (non-hydrogen) atoms. The average molecular weight is 232 g/mol. The second-order valence-corrected chi connectivity index (χ2v) is 3.99. The van der Waals surface area contributed by atoms with E-state index in [1.807, 2.05) is 6.92 Å². The summed E-state index contributed by atoms with van der Waals surface area (Å²) in [5.74, 6) is 0.